The maximum absolute atomic E-state index is 12.3. The third kappa shape index (κ3) is 3.44. The van der Waals surface area contributed by atoms with E-state index in [1.807, 2.05) is 35.7 Å². The number of hydrogen-bond donors (Lipinski definition) is 0. The summed E-state index contributed by atoms with van der Waals surface area (Å²) in [6.07, 6.45) is 0.721. The topological polar surface area (TPSA) is 59.5 Å². The van der Waals surface area contributed by atoms with Crippen LogP contribution in [0.2, 0.25) is 0 Å². The van der Waals surface area contributed by atoms with E-state index in [2.05, 4.69) is 22.0 Å². The van der Waals surface area contributed by atoms with E-state index in [1.165, 1.54) is 4.31 Å². The number of hydrogen-bond acceptors (Lipinski definition) is 5. The minimum Gasteiger partial charge on any atom is -0.496 e. The molecule has 0 radical (unpaired) electrons. The summed E-state index contributed by atoms with van der Waals surface area (Å²) in [5, 5.41) is 2.90. The fraction of sp³-hybridized carbons (Fsp3) is 0.250. The zero-order valence-corrected chi connectivity index (χ0v) is 18.7. The van der Waals surface area contributed by atoms with Crippen molar-refractivity contribution < 1.29 is 13.2 Å². The Hall–Kier alpha value is -1.90. The number of anilines is 1. The Labute approximate surface area is 177 Å². The van der Waals surface area contributed by atoms with Crippen LogP contribution >= 0.6 is 27.3 Å². The SMILES string of the molecule is CCS(=O)(=O)N1CCc2cc(-c3csc(-c4cc(Br)ccc4OC)n3)ccc21. The van der Waals surface area contributed by atoms with E-state index in [9.17, 15) is 8.42 Å². The molecule has 5 nitrogen and oxygen atoms in total. The highest BCUT2D eigenvalue weighted by atomic mass is 79.9. The van der Waals surface area contributed by atoms with Gasteiger partial charge in [0.1, 0.15) is 10.8 Å². The highest BCUT2D eigenvalue weighted by Crippen LogP contribution is 2.38. The molecule has 1 aromatic heterocycles. The lowest BCUT2D eigenvalue weighted by molar-refractivity contribution is 0.416. The quantitative estimate of drug-likeness (QED) is 0.519. The molecule has 0 unspecified atom stereocenters. The Kier molecular flexibility index (Phi) is 5.20. The van der Waals surface area contributed by atoms with Crippen LogP contribution in [0, 0.1) is 0 Å². The maximum atomic E-state index is 12.3. The minimum absolute atomic E-state index is 0.109. The molecule has 0 fully saturated rings. The van der Waals surface area contributed by atoms with Gasteiger partial charge in [0.15, 0.2) is 0 Å². The van der Waals surface area contributed by atoms with E-state index < -0.39 is 10.0 Å². The number of ether oxygens (including phenoxy) is 1. The molecule has 146 valence electrons. The lowest BCUT2D eigenvalue weighted by Crippen LogP contribution is -2.30. The number of fused-ring (bicyclic) bond motifs is 1. The molecule has 0 saturated heterocycles. The molecule has 28 heavy (non-hydrogen) atoms. The van der Waals surface area contributed by atoms with Crippen LogP contribution < -0.4 is 9.04 Å². The Morgan fingerprint density at radius 2 is 2.07 bits per heavy atom. The number of halogens is 1. The molecule has 2 heterocycles. The summed E-state index contributed by atoms with van der Waals surface area (Å²) in [4.78, 5) is 4.80. The van der Waals surface area contributed by atoms with E-state index in [-0.39, 0.29) is 5.75 Å². The van der Waals surface area contributed by atoms with Gasteiger partial charge in [-0.2, -0.15) is 0 Å². The van der Waals surface area contributed by atoms with Crippen LogP contribution in [-0.2, 0) is 16.4 Å². The molecule has 0 bridgehead atoms. The number of sulfonamides is 1. The van der Waals surface area contributed by atoms with Gasteiger partial charge < -0.3 is 4.74 Å². The highest BCUT2D eigenvalue weighted by Gasteiger charge is 2.28. The first-order chi connectivity index (χ1) is 13.4. The largest absolute Gasteiger partial charge is 0.496 e. The summed E-state index contributed by atoms with van der Waals surface area (Å²) in [5.74, 6) is 0.886. The normalized spacial score (nSPS) is 13.6. The Balaban J connectivity index is 1.69. The van der Waals surface area contributed by atoms with Crippen molar-refractivity contribution in [3.63, 3.8) is 0 Å². The van der Waals surface area contributed by atoms with Crippen molar-refractivity contribution in [1.29, 1.82) is 0 Å². The second-order valence-electron chi connectivity index (χ2n) is 6.45. The number of aromatic nitrogens is 1. The average molecular weight is 479 g/mol. The van der Waals surface area contributed by atoms with Crippen molar-refractivity contribution in [3.8, 4) is 27.6 Å². The van der Waals surface area contributed by atoms with Crippen molar-refractivity contribution in [2.75, 3.05) is 23.7 Å². The van der Waals surface area contributed by atoms with Gasteiger partial charge in [0, 0.05) is 22.0 Å². The van der Waals surface area contributed by atoms with Gasteiger partial charge in [0.25, 0.3) is 0 Å². The van der Waals surface area contributed by atoms with Gasteiger partial charge in [-0.25, -0.2) is 13.4 Å². The van der Waals surface area contributed by atoms with Gasteiger partial charge in [-0.05, 0) is 49.2 Å². The van der Waals surface area contributed by atoms with Crippen LogP contribution in [0.15, 0.2) is 46.3 Å². The predicted octanol–water partition coefficient (Wildman–Crippen LogP) is 4.96. The van der Waals surface area contributed by atoms with E-state index in [4.69, 9.17) is 9.72 Å². The summed E-state index contributed by atoms with van der Waals surface area (Å²) in [7, 11) is -1.58. The first-order valence-electron chi connectivity index (χ1n) is 8.86. The average Bonchev–Trinajstić information content (AvgIpc) is 3.35. The lowest BCUT2D eigenvalue weighted by Gasteiger charge is -2.18. The van der Waals surface area contributed by atoms with Crippen LogP contribution in [0.5, 0.6) is 5.75 Å². The van der Waals surface area contributed by atoms with Crippen LogP contribution in [0.25, 0.3) is 21.8 Å². The van der Waals surface area contributed by atoms with Crippen LogP contribution in [-0.4, -0.2) is 32.8 Å². The summed E-state index contributed by atoms with van der Waals surface area (Å²) in [6, 6.07) is 11.7. The number of methoxy groups -OCH3 is 1. The first kappa shape index (κ1) is 19.4. The first-order valence-corrected chi connectivity index (χ1v) is 12.1. The minimum atomic E-state index is -3.23. The van der Waals surface area contributed by atoms with E-state index in [0.717, 1.165) is 49.7 Å². The van der Waals surface area contributed by atoms with Gasteiger partial charge in [-0.15, -0.1) is 11.3 Å². The maximum Gasteiger partial charge on any atom is 0.234 e. The van der Waals surface area contributed by atoms with E-state index in [0.29, 0.717) is 6.54 Å². The second-order valence-corrected chi connectivity index (χ2v) is 10.4. The summed E-state index contributed by atoms with van der Waals surface area (Å²) < 4.78 is 32.5. The molecule has 1 aliphatic rings. The molecule has 2 aromatic carbocycles. The summed E-state index contributed by atoms with van der Waals surface area (Å²) in [6.45, 7) is 2.18. The number of rotatable bonds is 5. The molecule has 3 aromatic rings. The van der Waals surface area contributed by atoms with E-state index >= 15 is 0 Å². The number of thiazole rings is 1. The summed E-state index contributed by atoms with van der Waals surface area (Å²) >= 11 is 5.06. The van der Waals surface area contributed by atoms with Gasteiger partial charge in [-0.1, -0.05) is 22.0 Å². The zero-order valence-electron chi connectivity index (χ0n) is 15.5. The molecular formula is C20H19BrN2O3S2. The molecule has 0 atom stereocenters. The van der Waals surface area contributed by atoms with Crippen LogP contribution in [0.3, 0.4) is 0 Å². The monoisotopic (exact) mass is 478 g/mol. The van der Waals surface area contributed by atoms with Crippen LogP contribution in [0.4, 0.5) is 5.69 Å². The molecule has 0 amide bonds. The van der Waals surface area contributed by atoms with Gasteiger partial charge >= 0.3 is 0 Å². The molecule has 1 aliphatic heterocycles. The fourth-order valence-corrected chi connectivity index (χ4v) is 5.72. The fourth-order valence-electron chi connectivity index (χ4n) is 3.35. The Bertz CT molecular complexity index is 1140. The smallest absolute Gasteiger partial charge is 0.234 e. The zero-order chi connectivity index (χ0) is 19.9. The molecule has 0 aliphatic carbocycles. The third-order valence-electron chi connectivity index (χ3n) is 4.82. The van der Waals surface area contributed by atoms with Crippen molar-refractivity contribution in [1.82, 2.24) is 4.98 Å². The molecule has 0 N–H and O–H groups in total. The van der Waals surface area contributed by atoms with Crippen molar-refractivity contribution in [2.24, 2.45) is 0 Å². The predicted molar refractivity (Wildman–Crippen MR) is 118 cm³/mol. The molecule has 0 saturated carbocycles. The molecule has 0 spiro atoms. The standard InChI is InChI=1S/C20H19BrN2O3S2/c1-3-28(24,25)23-9-8-14-10-13(4-6-18(14)23)17-12-27-20(22-17)16-11-15(21)5-7-19(16)26-2/h4-7,10-12H,3,8-9H2,1-2H3. The van der Waals surface area contributed by atoms with Crippen LogP contribution in [0.1, 0.15) is 12.5 Å². The second kappa shape index (κ2) is 7.50. The van der Waals surface area contributed by atoms with Crippen molar-refractivity contribution in [2.45, 2.75) is 13.3 Å². The van der Waals surface area contributed by atoms with Gasteiger partial charge in [-0.3, -0.25) is 4.31 Å². The molecule has 4 rings (SSSR count). The van der Waals surface area contributed by atoms with Crippen molar-refractivity contribution in [3.05, 3.63) is 51.8 Å². The molecular weight excluding hydrogens is 460 g/mol. The van der Waals surface area contributed by atoms with Gasteiger partial charge in [0.2, 0.25) is 10.0 Å². The highest BCUT2D eigenvalue weighted by molar-refractivity contribution is 9.10. The summed E-state index contributed by atoms with van der Waals surface area (Å²) in [5.41, 5.74) is 4.64. The van der Waals surface area contributed by atoms with Crippen molar-refractivity contribution >= 4 is 43.0 Å². The number of nitrogens with zero attached hydrogens (tertiary/aromatic N) is 2. The lowest BCUT2D eigenvalue weighted by atomic mass is 10.1. The third-order valence-corrected chi connectivity index (χ3v) is 7.97. The Morgan fingerprint density at radius 3 is 2.82 bits per heavy atom. The number of benzene rings is 2. The Morgan fingerprint density at radius 1 is 1.25 bits per heavy atom. The van der Waals surface area contributed by atoms with E-state index in [1.54, 1.807) is 25.4 Å². The molecule has 8 heteroatoms. The van der Waals surface area contributed by atoms with Gasteiger partial charge in [0.05, 0.1) is 29.8 Å².